The van der Waals surface area contributed by atoms with E-state index in [1.54, 1.807) is 73.8 Å². The maximum Gasteiger partial charge on any atom is 0.261 e. The van der Waals surface area contributed by atoms with Crippen molar-refractivity contribution in [3.8, 4) is 11.5 Å². The van der Waals surface area contributed by atoms with Crippen molar-refractivity contribution in [1.82, 2.24) is 5.32 Å². The van der Waals surface area contributed by atoms with Crippen LogP contribution in [0.15, 0.2) is 71.2 Å². The summed E-state index contributed by atoms with van der Waals surface area (Å²) in [5, 5.41) is 8.46. The lowest BCUT2D eigenvalue weighted by Crippen LogP contribution is -2.35. The molecule has 0 saturated carbocycles. The molecule has 36 heavy (non-hydrogen) atoms. The van der Waals surface area contributed by atoms with Crippen LogP contribution in [0.25, 0.3) is 0 Å². The molecule has 0 atom stereocenters. The normalized spacial score (nSPS) is 10.3. The van der Waals surface area contributed by atoms with E-state index in [0.717, 1.165) is 5.75 Å². The number of para-hydroxylation sites is 1. The lowest BCUT2D eigenvalue weighted by molar-refractivity contribution is 0.0968. The first-order valence-electron chi connectivity index (χ1n) is 11.1. The molecule has 0 radical (unpaired) electrons. The predicted octanol–water partition coefficient (Wildman–Crippen LogP) is 5.25. The maximum absolute atomic E-state index is 12.9. The summed E-state index contributed by atoms with van der Waals surface area (Å²) in [4.78, 5) is 25.9. The highest BCUT2D eigenvalue weighted by Gasteiger charge is 2.17. The van der Waals surface area contributed by atoms with Crippen molar-refractivity contribution in [3.05, 3.63) is 82.3 Å². The topological polar surface area (TPSA) is 97.9 Å². The Balaban J connectivity index is 1.68. The van der Waals surface area contributed by atoms with E-state index in [1.165, 1.54) is 0 Å². The van der Waals surface area contributed by atoms with Crippen molar-refractivity contribution >= 4 is 56.4 Å². The van der Waals surface area contributed by atoms with E-state index in [2.05, 4.69) is 31.9 Å². The van der Waals surface area contributed by atoms with Gasteiger partial charge in [0.25, 0.3) is 11.8 Å². The Morgan fingerprint density at radius 2 is 1.64 bits per heavy atom. The second kappa shape index (κ2) is 13.6. The number of benzene rings is 3. The van der Waals surface area contributed by atoms with Gasteiger partial charge in [-0.3, -0.25) is 14.9 Å². The van der Waals surface area contributed by atoms with Gasteiger partial charge in [0, 0.05) is 17.3 Å². The summed E-state index contributed by atoms with van der Waals surface area (Å²) in [6.45, 7) is 3.14. The van der Waals surface area contributed by atoms with E-state index in [9.17, 15) is 9.59 Å². The first-order chi connectivity index (χ1) is 17.4. The Morgan fingerprint density at radius 3 is 2.36 bits per heavy atom. The molecular weight excluding hydrogens is 546 g/mol. The zero-order valence-electron chi connectivity index (χ0n) is 19.8. The number of ether oxygens (including phenoxy) is 3. The van der Waals surface area contributed by atoms with Crippen LogP contribution in [0.5, 0.6) is 11.5 Å². The van der Waals surface area contributed by atoms with Crippen LogP contribution < -0.4 is 25.4 Å². The van der Waals surface area contributed by atoms with Gasteiger partial charge in [0.05, 0.1) is 30.0 Å². The number of methoxy groups -OCH3 is 1. The summed E-state index contributed by atoms with van der Waals surface area (Å²) >= 11 is 8.72. The lowest BCUT2D eigenvalue weighted by Gasteiger charge is -2.15. The zero-order valence-corrected chi connectivity index (χ0v) is 22.2. The third-order valence-corrected chi connectivity index (χ3v) is 5.50. The number of amides is 2. The second-order valence-electron chi connectivity index (χ2n) is 7.35. The van der Waals surface area contributed by atoms with Crippen molar-refractivity contribution in [2.24, 2.45) is 0 Å². The third kappa shape index (κ3) is 7.77. The predicted molar refractivity (Wildman–Crippen MR) is 147 cm³/mol. The minimum atomic E-state index is -0.461. The Kier molecular flexibility index (Phi) is 10.2. The largest absolute Gasteiger partial charge is 0.494 e. The molecule has 0 heterocycles. The Labute approximate surface area is 223 Å². The number of anilines is 2. The van der Waals surface area contributed by atoms with Crippen molar-refractivity contribution in [3.63, 3.8) is 0 Å². The van der Waals surface area contributed by atoms with Crippen LogP contribution in [0, 0.1) is 0 Å². The zero-order chi connectivity index (χ0) is 25.9. The van der Waals surface area contributed by atoms with E-state index in [-0.39, 0.29) is 17.6 Å². The first-order valence-corrected chi connectivity index (χ1v) is 12.3. The van der Waals surface area contributed by atoms with Gasteiger partial charge in [-0.05, 0) is 73.7 Å². The molecule has 0 aliphatic carbocycles. The van der Waals surface area contributed by atoms with E-state index in [1.807, 2.05) is 6.92 Å². The van der Waals surface area contributed by atoms with Gasteiger partial charge in [0.15, 0.2) is 5.11 Å². The quantitative estimate of drug-likeness (QED) is 0.226. The first kappa shape index (κ1) is 27.1. The standard InChI is InChI=1S/C26H26BrN3O5S/c1-3-34-19-11-9-18(10-12-19)28-24(31)20-6-4-5-7-22(20)29-26(36)30-25(32)21-16-17(27)8-13-23(21)35-15-14-33-2/h4-13,16H,3,14-15H2,1-2H3,(H,28,31)(H2,29,30,32,36). The minimum absolute atomic E-state index is 0.0316. The summed E-state index contributed by atoms with van der Waals surface area (Å²) < 4.78 is 16.8. The molecule has 0 aromatic heterocycles. The highest BCUT2D eigenvalue weighted by molar-refractivity contribution is 9.10. The monoisotopic (exact) mass is 571 g/mol. The number of carbonyl (C=O) groups excluding carboxylic acids is 2. The molecule has 0 saturated heterocycles. The number of hydrogen-bond acceptors (Lipinski definition) is 6. The van der Waals surface area contributed by atoms with E-state index >= 15 is 0 Å². The smallest absolute Gasteiger partial charge is 0.261 e. The highest BCUT2D eigenvalue weighted by atomic mass is 79.9. The molecule has 188 valence electrons. The van der Waals surface area contributed by atoms with E-state index in [0.29, 0.717) is 45.9 Å². The van der Waals surface area contributed by atoms with Gasteiger partial charge in [-0.25, -0.2) is 0 Å². The third-order valence-electron chi connectivity index (χ3n) is 4.80. The van der Waals surface area contributed by atoms with Gasteiger partial charge in [0.1, 0.15) is 18.1 Å². The number of carbonyl (C=O) groups is 2. The fourth-order valence-corrected chi connectivity index (χ4v) is 3.72. The molecule has 0 bridgehead atoms. The Hall–Kier alpha value is -3.47. The number of halogens is 1. The maximum atomic E-state index is 12.9. The molecule has 0 spiro atoms. The van der Waals surface area contributed by atoms with Crippen LogP contribution in [0.4, 0.5) is 11.4 Å². The van der Waals surface area contributed by atoms with Gasteiger partial charge < -0.3 is 24.8 Å². The Morgan fingerprint density at radius 1 is 0.889 bits per heavy atom. The summed E-state index contributed by atoms with van der Waals surface area (Å²) in [5.41, 5.74) is 1.71. The summed E-state index contributed by atoms with van der Waals surface area (Å²) in [6, 6.07) is 19.0. The van der Waals surface area contributed by atoms with Crippen LogP contribution >= 0.6 is 28.1 Å². The van der Waals surface area contributed by atoms with Gasteiger partial charge in [0.2, 0.25) is 0 Å². The summed E-state index contributed by atoms with van der Waals surface area (Å²) in [7, 11) is 1.57. The fourth-order valence-electron chi connectivity index (χ4n) is 3.15. The fraction of sp³-hybridized carbons (Fsp3) is 0.192. The van der Waals surface area contributed by atoms with E-state index < -0.39 is 5.91 Å². The molecule has 3 N–H and O–H groups in total. The minimum Gasteiger partial charge on any atom is -0.494 e. The van der Waals surface area contributed by atoms with Crippen molar-refractivity contribution in [2.75, 3.05) is 37.6 Å². The summed E-state index contributed by atoms with van der Waals surface area (Å²) in [6.07, 6.45) is 0. The SMILES string of the molecule is CCOc1ccc(NC(=O)c2ccccc2NC(=S)NC(=O)c2cc(Br)ccc2OCCOC)cc1. The number of nitrogens with one attached hydrogen (secondary N) is 3. The molecule has 3 aromatic rings. The highest BCUT2D eigenvalue weighted by Crippen LogP contribution is 2.24. The molecule has 0 fully saturated rings. The van der Waals surface area contributed by atoms with Crippen LogP contribution in [0.1, 0.15) is 27.6 Å². The van der Waals surface area contributed by atoms with Crippen molar-refractivity contribution in [1.29, 1.82) is 0 Å². The molecule has 2 amide bonds. The van der Waals surface area contributed by atoms with Gasteiger partial charge >= 0.3 is 0 Å². The summed E-state index contributed by atoms with van der Waals surface area (Å²) in [5.74, 6) is 0.316. The van der Waals surface area contributed by atoms with Crippen molar-refractivity contribution in [2.45, 2.75) is 6.92 Å². The van der Waals surface area contributed by atoms with Crippen molar-refractivity contribution < 1.29 is 23.8 Å². The molecule has 0 unspecified atom stereocenters. The van der Waals surface area contributed by atoms with Gasteiger partial charge in [-0.1, -0.05) is 28.1 Å². The average molecular weight is 572 g/mol. The average Bonchev–Trinajstić information content (AvgIpc) is 2.86. The number of thiocarbonyl (C=S) groups is 1. The lowest BCUT2D eigenvalue weighted by atomic mass is 10.1. The van der Waals surface area contributed by atoms with Crippen LogP contribution in [-0.4, -0.2) is 43.9 Å². The van der Waals surface area contributed by atoms with Gasteiger partial charge in [-0.15, -0.1) is 0 Å². The second-order valence-corrected chi connectivity index (χ2v) is 8.67. The molecule has 3 aromatic carbocycles. The molecular formula is C26H26BrN3O5S. The number of rotatable bonds is 10. The Bertz CT molecular complexity index is 1220. The van der Waals surface area contributed by atoms with Crippen LogP contribution in [0.3, 0.4) is 0 Å². The molecule has 3 rings (SSSR count). The van der Waals surface area contributed by atoms with Crippen LogP contribution in [-0.2, 0) is 4.74 Å². The van der Waals surface area contributed by atoms with E-state index in [4.69, 9.17) is 26.4 Å². The molecule has 0 aliphatic rings. The molecule has 10 heteroatoms. The number of hydrogen-bond donors (Lipinski definition) is 3. The van der Waals surface area contributed by atoms with Crippen LogP contribution in [0.2, 0.25) is 0 Å². The van der Waals surface area contributed by atoms with Gasteiger partial charge in [-0.2, -0.15) is 0 Å². The molecule has 0 aliphatic heterocycles. The molecule has 8 nitrogen and oxygen atoms in total.